The monoisotopic (exact) mass is 296 g/mol. The maximum Gasteiger partial charge on any atom is 0.0931 e. The van der Waals surface area contributed by atoms with Gasteiger partial charge in [0.15, 0.2) is 0 Å². The smallest absolute Gasteiger partial charge is 0.0931 e. The van der Waals surface area contributed by atoms with E-state index in [0.717, 1.165) is 22.1 Å². The van der Waals surface area contributed by atoms with Crippen LogP contribution in [-0.2, 0) is 0 Å². The molecule has 0 aromatic carbocycles. The van der Waals surface area contributed by atoms with E-state index in [1.54, 1.807) is 11.3 Å². The van der Waals surface area contributed by atoms with Crippen LogP contribution >= 0.6 is 22.9 Å². The SMILES string of the molecule is NNC(c1ccc(Cl)s1)C12CC3CC(CC(C3)C1)C2. The molecule has 0 amide bonds. The first-order chi connectivity index (χ1) is 9.18. The molecule has 104 valence electrons. The Morgan fingerprint density at radius 1 is 1.16 bits per heavy atom. The Hall–Kier alpha value is -0.0900. The number of thiophene rings is 1. The molecule has 0 saturated heterocycles. The quantitative estimate of drug-likeness (QED) is 0.650. The van der Waals surface area contributed by atoms with Crippen LogP contribution in [0, 0.1) is 23.2 Å². The molecule has 1 atom stereocenters. The standard InChI is InChI=1S/C15H21ClN2S/c16-13-2-1-12(19-13)14(18-17)15-6-9-3-10(7-15)5-11(4-9)8-15/h1-2,9-11,14,18H,3-8,17H2. The van der Waals surface area contributed by atoms with E-state index < -0.39 is 0 Å². The molecule has 1 unspecified atom stereocenters. The lowest BCUT2D eigenvalue weighted by Crippen LogP contribution is -2.52. The Kier molecular flexibility index (Phi) is 2.96. The van der Waals surface area contributed by atoms with Crippen LogP contribution in [0.25, 0.3) is 0 Å². The fraction of sp³-hybridized carbons (Fsp3) is 0.733. The van der Waals surface area contributed by atoms with Crippen molar-refractivity contribution in [1.29, 1.82) is 0 Å². The summed E-state index contributed by atoms with van der Waals surface area (Å²) in [6, 6.07) is 4.47. The number of nitrogens with two attached hydrogens (primary N) is 1. The highest BCUT2D eigenvalue weighted by Crippen LogP contribution is 2.64. The van der Waals surface area contributed by atoms with E-state index in [4.69, 9.17) is 17.4 Å². The van der Waals surface area contributed by atoms with Crippen molar-refractivity contribution >= 4 is 22.9 Å². The summed E-state index contributed by atoms with van der Waals surface area (Å²) in [5.41, 5.74) is 3.54. The third-order valence-electron chi connectivity index (χ3n) is 5.74. The van der Waals surface area contributed by atoms with Gasteiger partial charge in [0.05, 0.1) is 10.4 Å². The van der Waals surface area contributed by atoms with Crippen molar-refractivity contribution in [3.8, 4) is 0 Å². The number of nitrogens with one attached hydrogen (secondary N) is 1. The molecule has 4 saturated carbocycles. The molecule has 4 aliphatic carbocycles. The second-order valence-electron chi connectivity index (χ2n) is 7.02. The van der Waals surface area contributed by atoms with Crippen molar-refractivity contribution in [3.63, 3.8) is 0 Å². The van der Waals surface area contributed by atoms with Crippen molar-refractivity contribution in [2.75, 3.05) is 0 Å². The third kappa shape index (κ3) is 1.98. The fourth-order valence-electron chi connectivity index (χ4n) is 5.58. The Bertz CT molecular complexity index is 449. The average Bonchev–Trinajstić information content (AvgIpc) is 2.74. The van der Waals surface area contributed by atoms with Gasteiger partial charge in [-0.05, 0) is 73.8 Å². The molecule has 5 rings (SSSR count). The molecule has 1 heterocycles. The van der Waals surface area contributed by atoms with Crippen molar-refractivity contribution < 1.29 is 0 Å². The molecule has 4 bridgehead atoms. The predicted octanol–water partition coefficient (Wildman–Crippen LogP) is 4.12. The Balaban J connectivity index is 1.69. The molecule has 4 heteroatoms. The molecule has 4 aliphatic rings. The number of hydrogen-bond donors (Lipinski definition) is 2. The van der Waals surface area contributed by atoms with Gasteiger partial charge in [-0.3, -0.25) is 11.3 Å². The summed E-state index contributed by atoms with van der Waals surface area (Å²) in [7, 11) is 0. The van der Waals surface area contributed by atoms with E-state index in [9.17, 15) is 0 Å². The van der Waals surface area contributed by atoms with Gasteiger partial charge in [-0.15, -0.1) is 11.3 Å². The average molecular weight is 297 g/mol. The zero-order chi connectivity index (χ0) is 13.0. The highest BCUT2D eigenvalue weighted by atomic mass is 35.5. The van der Waals surface area contributed by atoms with Crippen molar-refractivity contribution in [2.24, 2.45) is 29.0 Å². The van der Waals surface area contributed by atoms with Gasteiger partial charge in [0.1, 0.15) is 0 Å². The molecule has 4 fully saturated rings. The first kappa shape index (κ1) is 12.6. The number of hydrazine groups is 1. The maximum atomic E-state index is 6.12. The van der Waals surface area contributed by atoms with Crippen LogP contribution in [0.2, 0.25) is 4.34 Å². The molecule has 0 spiro atoms. The summed E-state index contributed by atoms with van der Waals surface area (Å²) in [5.74, 6) is 8.82. The van der Waals surface area contributed by atoms with E-state index >= 15 is 0 Å². The van der Waals surface area contributed by atoms with Crippen molar-refractivity contribution in [2.45, 2.75) is 44.6 Å². The van der Waals surface area contributed by atoms with Crippen LogP contribution in [0.3, 0.4) is 0 Å². The topological polar surface area (TPSA) is 38.0 Å². The van der Waals surface area contributed by atoms with Crippen LogP contribution in [-0.4, -0.2) is 0 Å². The normalized spacial score (nSPS) is 41.7. The van der Waals surface area contributed by atoms with Gasteiger partial charge in [-0.25, -0.2) is 0 Å². The summed E-state index contributed by atoms with van der Waals surface area (Å²) in [6.07, 6.45) is 8.52. The van der Waals surface area contributed by atoms with Crippen LogP contribution in [0.4, 0.5) is 0 Å². The van der Waals surface area contributed by atoms with Crippen LogP contribution in [0.5, 0.6) is 0 Å². The minimum Gasteiger partial charge on any atom is -0.271 e. The lowest BCUT2D eigenvalue weighted by atomic mass is 9.47. The van der Waals surface area contributed by atoms with Gasteiger partial charge < -0.3 is 0 Å². The molecule has 3 N–H and O–H groups in total. The van der Waals surface area contributed by atoms with Crippen LogP contribution < -0.4 is 11.3 Å². The van der Waals surface area contributed by atoms with Crippen molar-refractivity contribution in [3.05, 3.63) is 21.3 Å². The third-order valence-corrected chi connectivity index (χ3v) is 7.04. The van der Waals surface area contributed by atoms with Gasteiger partial charge in [0.25, 0.3) is 0 Å². The summed E-state index contributed by atoms with van der Waals surface area (Å²) < 4.78 is 0.875. The molecule has 19 heavy (non-hydrogen) atoms. The highest BCUT2D eigenvalue weighted by molar-refractivity contribution is 7.16. The second-order valence-corrected chi connectivity index (χ2v) is 8.77. The van der Waals surface area contributed by atoms with E-state index in [0.29, 0.717) is 11.5 Å². The number of rotatable bonds is 3. The first-order valence-corrected chi connectivity index (χ1v) is 8.59. The molecule has 1 aromatic rings. The van der Waals surface area contributed by atoms with Crippen molar-refractivity contribution in [1.82, 2.24) is 5.43 Å². The van der Waals surface area contributed by atoms with E-state index in [1.165, 1.54) is 43.4 Å². The Morgan fingerprint density at radius 2 is 1.74 bits per heavy atom. The second kappa shape index (κ2) is 4.45. The van der Waals surface area contributed by atoms with Gasteiger partial charge in [-0.2, -0.15) is 0 Å². The highest BCUT2D eigenvalue weighted by Gasteiger charge is 2.54. The van der Waals surface area contributed by atoms with Crippen LogP contribution in [0.15, 0.2) is 12.1 Å². The zero-order valence-corrected chi connectivity index (χ0v) is 12.6. The molecule has 0 radical (unpaired) electrons. The minimum absolute atomic E-state index is 0.304. The molecule has 2 nitrogen and oxygen atoms in total. The molecule has 0 aliphatic heterocycles. The molecule has 1 aromatic heterocycles. The van der Waals surface area contributed by atoms with E-state index in [-0.39, 0.29) is 0 Å². The first-order valence-electron chi connectivity index (χ1n) is 7.40. The van der Waals surface area contributed by atoms with E-state index in [2.05, 4.69) is 11.5 Å². The lowest BCUT2D eigenvalue weighted by molar-refractivity contribution is -0.0742. The molecular weight excluding hydrogens is 276 g/mol. The summed E-state index contributed by atoms with van der Waals surface area (Å²) >= 11 is 7.81. The Labute approximate surface area is 123 Å². The van der Waals surface area contributed by atoms with Gasteiger partial charge in [0.2, 0.25) is 0 Å². The summed E-state index contributed by atoms with van der Waals surface area (Å²) in [5, 5.41) is 0. The predicted molar refractivity (Wildman–Crippen MR) is 80.0 cm³/mol. The van der Waals surface area contributed by atoms with Gasteiger partial charge in [-0.1, -0.05) is 11.6 Å². The molecular formula is C15H21ClN2S. The fourth-order valence-corrected chi connectivity index (χ4v) is 6.84. The zero-order valence-electron chi connectivity index (χ0n) is 11.1. The van der Waals surface area contributed by atoms with Gasteiger partial charge >= 0.3 is 0 Å². The summed E-state index contributed by atoms with van der Waals surface area (Å²) in [6.45, 7) is 0. The summed E-state index contributed by atoms with van der Waals surface area (Å²) in [4.78, 5) is 1.33. The lowest BCUT2D eigenvalue weighted by Gasteiger charge is -2.59. The van der Waals surface area contributed by atoms with E-state index in [1.807, 2.05) is 6.07 Å². The Morgan fingerprint density at radius 3 is 2.16 bits per heavy atom. The number of hydrogen-bond acceptors (Lipinski definition) is 3. The van der Waals surface area contributed by atoms with Gasteiger partial charge in [0, 0.05) is 4.88 Å². The minimum atomic E-state index is 0.304. The number of halogens is 1. The van der Waals surface area contributed by atoms with Crippen LogP contribution in [0.1, 0.15) is 49.4 Å². The largest absolute Gasteiger partial charge is 0.271 e. The maximum absolute atomic E-state index is 6.12.